The average Bonchev–Trinajstić information content (AvgIpc) is 3.16. The molecule has 3 heterocycles. The SMILES string of the molecule is N=C(N)c1ccc(CN2CCN(S(=O)(=O)c3cc4c(Cl)nccc4s3)CC2=O)cc1. The summed E-state index contributed by atoms with van der Waals surface area (Å²) in [4.78, 5) is 18.2. The normalized spacial score (nSPS) is 15.6. The number of thiophene rings is 1. The number of nitrogens with zero attached hydrogens (tertiary/aromatic N) is 3. The quantitative estimate of drug-likeness (QED) is 0.341. The number of carbonyl (C=O) groups is 1. The molecule has 0 atom stereocenters. The molecule has 2 aromatic heterocycles. The van der Waals surface area contributed by atoms with Crippen molar-refractivity contribution in [3.63, 3.8) is 0 Å². The smallest absolute Gasteiger partial charge is 0.253 e. The topological polar surface area (TPSA) is 120 Å². The van der Waals surface area contributed by atoms with E-state index < -0.39 is 10.0 Å². The molecule has 30 heavy (non-hydrogen) atoms. The predicted molar refractivity (Wildman–Crippen MR) is 116 cm³/mol. The molecule has 3 N–H and O–H groups in total. The number of nitrogen functional groups attached to an aromatic ring is 1. The molecule has 11 heteroatoms. The van der Waals surface area contributed by atoms with Crippen molar-refractivity contribution in [2.24, 2.45) is 5.73 Å². The Balaban J connectivity index is 1.48. The number of sulfonamides is 1. The minimum atomic E-state index is -3.80. The van der Waals surface area contributed by atoms with Crippen LogP contribution in [-0.2, 0) is 21.4 Å². The first-order valence-corrected chi connectivity index (χ1v) is 11.6. The van der Waals surface area contributed by atoms with Crippen molar-refractivity contribution in [1.82, 2.24) is 14.2 Å². The zero-order chi connectivity index (χ0) is 21.5. The van der Waals surface area contributed by atoms with Crippen molar-refractivity contribution in [3.8, 4) is 0 Å². The lowest BCUT2D eigenvalue weighted by Crippen LogP contribution is -2.51. The van der Waals surface area contributed by atoms with Gasteiger partial charge >= 0.3 is 0 Å². The molecular formula is C19H18ClN5O3S2. The van der Waals surface area contributed by atoms with Crippen molar-refractivity contribution in [2.45, 2.75) is 10.8 Å². The highest BCUT2D eigenvalue weighted by atomic mass is 35.5. The minimum absolute atomic E-state index is 0.0187. The van der Waals surface area contributed by atoms with Gasteiger partial charge in [-0.1, -0.05) is 35.9 Å². The first kappa shape index (κ1) is 20.7. The van der Waals surface area contributed by atoms with Gasteiger partial charge in [0.1, 0.15) is 15.2 Å². The molecule has 3 aromatic rings. The summed E-state index contributed by atoms with van der Waals surface area (Å²) in [5.74, 6) is -0.281. The monoisotopic (exact) mass is 463 g/mol. The first-order valence-electron chi connectivity index (χ1n) is 9.01. The largest absolute Gasteiger partial charge is 0.384 e. The van der Waals surface area contributed by atoms with Crippen LogP contribution in [0.5, 0.6) is 0 Å². The van der Waals surface area contributed by atoms with Crippen LogP contribution in [0.25, 0.3) is 10.1 Å². The molecule has 4 rings (SSSR count). The van der Waals surface area contributed by atoms with Crippen molar-refractivity contribution in [2.75, 3.05) is 19.6 Å². The number of piperazine rings is 1. The third-order valence-corrected chi connectivity index (χ3v) is 8.59. The molecule has 0 radical (unpaired) electrons. The Morgan fingerprint density at radius 1 is 1.23 bits per heavy atom. The summed E-state index contributed by atoms with van der Waals surface area (Å²) in [6, 6.07) is 10.3. The Hall–Kier alpha value is -2.53. The molecule has 0 spiro atoms. The highest BCUT2D eigenvalue weighted by Crippen LogP contribution is 2.34. The second-order valence-electron chi connectivity index (χ2n) is 6.84. The summed E-state index contributed by atoms with van der Waals surface area (Å²) in [6.45, 7) is 0.655. The first-order chi connectivity index (χ1) is 14.3. The van der Waals surface area contributed by atoms with E-state index in [9.17, 15) is 13.2 Å². The van der Waals surface area contributed by atoms with Crippen LogP contribution in [0.4, 0.5) is 0 Å². The zero-order valence-corrected chi connectivity index (χ0v) is 18.1. The van der Waals surface area contributed by atoms with E-state index in [1.54, 1.807) is 23.1 Å². The number of amidine groups is 1. The number of hydrogen-bond acceptors (Lipinski definition) is 6. The molecule has 156 valence electrons. The second-order valence-corrected chi connectivity index (χ2v) is 10.5. The van der Waals surface area contributed by atoms with Gasteiger partial charge in [0.05, 0.1) is 6.54 Å². The molecule has 1 aliphatic rings. The summed E-state index contributed by atoms with van der Waals surface area (Å²) in [6.07, 6.45) is 1.53. The molecule has 8 nitrogen and oxygen atoms in total. The highest BCUT2D eigenvalue weighted by Gasteiger charge is 2.34. The van der Waals surface area contributed by atoms with E-state index >= 15 is 0 Å². The number of carbonyl (C=O) groups excluding carboxylic acids is 1. The molecule has 0 saturated carbocycles. The van der Waals surface area contributed by atoms with Gasteiger partial charge in [-0.05, 0) is 17.7 Å². The van der Waals surface area contributed by atoms with E-state index in [1.165, 1.54) is 16.6 Å². The van der Waals surface area contributed by atoms with Gasteiger partial charge < -0.3 is 10.6 Å². The van der Waals surface area contributed by atoms with Crippen molar-refractivity contribution in [3.05, 3.63) is 58.9 Å². The van der Waals surface area contributed by atoms with E-state index in [4.69, 9.17) is 22.7 Å². The lowest BCUT2D eigenvalue weighted by Gasteiger charge is -2.33. The Labute approximate surface area is 182 Å². The van der Waals surface area contributed by atoms with Gasteiger partial charge in [0.2, 0.25) is 5.91 Å². The molecule has 1 amide bonds. The number of nitrogens with two attached hydrogens (primary N) is 1. The van der Waals surface area contributed by atoms with Gasteiger partial charge in [-0.15, -0.1) is 11.3 Å². The van der Waals surface area contributed by atoms with Crippen LogP contribution in [-0.4, -0.2) is 54.0 Å². The van der Waals surface area contributed by atoms with Crippen molar-refractivity contribution in [1.29, 1.82) is 5.41 Å². The number of aromatic nitrogens is 1. The van der Waals surface area contributed by atoms with E-state index in [2.05, 4.69) is 4.98 Å². The number of hydrogen-bond donors (Lipinski definition) is 2. The second kappa shape index (κ2) is 7.95. The van der Waals surface area contributed by atoms with Crippen LogP contribution in [0.2, 0.25) is 5.15 Å². The Bertz CT molecular complexity index is 1240. The van der Waals surface area contributed by atoms with Crippen LogP contribution in [0.3, 0.4) is 0 Å². The van der Waals surface area contributed by atoms with Crippen LogP contribution in [0, 0.1) is 5.41 Å². The standard InChI is InChI=1S/C19H18ClN5O3S2/c20-18-14-9-17(29-15(14)5-6-23-18)30(27,28)25-8-7-24(16(26)11-25)10-12-1-3-13(4-2-12)19(21)22/h1-6,9H,7-8,10-11H2,(H3,21,22). The Kier molecular flexibility index (Phi) is 5.49. The van der Waals surface area contributed by atoms with Gasteiger partial charge in [-0.3, -0.25) is 10.2 Å². The third kappa shape index (κ3) is 3.91. The van der Waals surface area contributed by atoms with Crippen LogP contribution >= 0.6 is 22.9 Å². The summed E-state index contributed by atoms with van der Waals surface area (Å²) < 4.78 is 28.2. The molecule has 1 aromatic carbocycles. The fourth-order valence-corrected chi connectivity index (χ4v) is 6.42. The summed E-state index contributed by atoms with van der Waals surface area (Å²) in [5, 5.41) is 8.27. The number of benzene rings is 1. The molecule has 0 bridgehead atoms. The number of rotatable bonds is 5. The fraction of sp³-hybridized carbons (Fsp3) is 0.211. The zero-order valence-electron chi connectivity index (χ0n) is 15.7. The highest BCUT2D eigenvalue weighted by molar-refractivity contribution is 7.91. The van der Waals surface area contributed by atoms with Gasteiger partial charge in [-0.25, -0.2) is 13.4 Å². The lowest BCUT2D eigenvalue weighted by molar-refractivity contribution is -0.134. The maximum atomic E-state index is 13.1. The molecule has 0 unspecified atom stereocenters. The van der Waals surface area contributed by atoms with E-state index in [0.717, 1.165) is 21.6 Å². The van der Waals surface area contributed by atoms with Crippen LogP contribution in [0.1, 0.15) is 11.1 Å². The van der Waals surface area contributed by atoms with Gasteiger partial charge in [-0.2, -0.15) is 4.31 Å². The fourth-order valence-electron chi connectivity index (χ4n) is 3.23. The molecule has 1 fully saturated rings. The number of amides is 1. The molecule has 1 aliphatic heterocycles. The van der Waals surface area contributed by atoms with E-state index in [1.807, 2.05) is 12.1 Å². The third-order valence-electron chi connectivity index (χ3n) is 4.89. The molecule has 0 aliphatic carbocycles. The van der Waals surface area contributed by atoms with Crippen molar-refractivity contribution < 1.29 is 13.2 Å². The molecular weight excluding hydrogens is 446 g/mol. The number of halogens is 1. The maximum Gasteiger partial charge on any atom is 0.253 e. The van der Waals surface area contributed by atoms with Crippen molar-refractivity contribution >= 4 is 54.8 Å². The average molecular weight is 464 g/mol. The number of pyridine rings is 1. The van der Waals surface area contributed by atoms with Gasteiger partial charge in [0, 0.05) is 41.5 Å². The van der Waals surface area contributed by atoms with Gasteiger partial charge in [0.25, 0.3) is 10.0 Å². The summed E-state index contributed by atoms with van der Waals surface area (Å²) >= 11 is 7.17. The predicted octanol–water partition coefficient (Wildman–Crippen LogP) is 2.27. The number of fused-ring (bicyclic) bond motifs is 1. The summed E-state index contributed by atoms with van der Waals surface area (Å²) in [7, 11) is -3.80. The van der Waals surface area contributed by atoms with Gasteiger partial charge in [0.15, 0.2) is 0 Å². The number of nitrogens with one attached hydrogen (secondary N) is 1. The van der Waals surface area contributed by atoms with Crippen LogP contribution in [0.15, 0.2) is 46.8 Å². The Morgan fingerprint density at radius 3 is 2.60 bits per heavy atom. The Morgan fingerprint density at radius 2 is 1.97 bits per heavy atom. The summed E-state index contributed by atoms with van der Waals surface area (Å²) in [5.41, 5.74) is 6.95. The lowest BCUT2D eigenvalue weighted by atomic mass is 10.1. The van der Waals surface area contributed by atoms with E-state index in [0.29, 0.717) is 24.0 Å². The van der Waals surface area contributed by atoms with E-state index in [-0.39, 0.29) is 34.2 Å². The molecule has 1 saturated heterocycles. The minimum Gasteiger partial charge on any atom is -0.384 e. The van der Waals surface area contributed by atoms with Crippen LogP contribution < -0.4 is 5.73 Å². The maximum absolute atomic E-state index is 13.1.